The Morgan fingerprint density at radius 1 is 1.10 bits per heavy atom. The summed E-state index contributed by atoms with van der Waals surface area (Å²) in [5.41, 5.74) is 3.09. The molecule has 2 aromatic rings. The Morgan fingerprint density at radius 2 is 1.77 bits per heavy atom. The van der Waals surface area contributed by atoms with Gasteiger partial charge in [-0.15, -0.1) is 0 Å². The number of nitrogens with one attached hydrogen (secondary N) is 1. The largest absolute Gasteiger partial charge is 0.452 e. The number of halogens is 1. The van der Waals surface area contributed by atoms with Crippen LogP contribution in [0, 0.1) is 0 Å². The highest BCUT2D eigenvalue weighted by atomic mass is 35.5. The van der Waals surface area contributed by atoms with Crippen LogP contribution in [0.5, 0.6) is 0 Å². The summed E-state index contributed by atoms with van der Waals surface area (Å²) < 4.78 is 5.40. The molecule has 2 amide bonds. The van der Waals surface area contributed by atoms with E-state index < -0.39 is 18.1 Å². The summed E-state index contributed by atoms with van der Waals surface area (Å²) in [6, 6.07) is 14.3. The molecule has 6 nitrogen and oxygen atoms in total. The Kier molecular flexibility index (Phi) is 7.11. The molecule has 3 rings (SSSR count). The second kappa shape index (κ2) is 9.76. The van der Waals surface area contributed by atoms with Gasteiger partial charge in [-0.25, -0.2) is 0 Å². The van der Waals surface area contributed by atoms with Gasteiger partial charge < -0.3 is 15.0 Å². The van der Waals surface area contributed by atoms with Gasteiger partial charge in [0.25, 0.3) is 5.91 Å². The van der Waals surface area contributed by atoms with Crippen LogP contribution in [0.3, 0.4) is 0 Å². The SMILES string of the molecule is CC(=O)NC(CC(=O)OC(C)C(=O)N1CCc2ccccc2C1)c1ccc(Cl)cc1. The summed E-state index contributed by atoms with van der Waals surface area (Å²) in [5, 5.41) is 3.31. The fourth-order valence-corrected chi connectivity index (χ4v) is 3.72. The fourth-order valence-electron chi connectivity index (χ4n) is 3.60. The quantitative estimate of drug-likeness (QED) is 0.715. The van der Waals surface area contributed by atoms with Gasteiger partial charge in [-0.1, -0.05) is 48.0 Å². The van der Waals surface area contributed by atoms with Crippen molar-refractivity contribution in [2.24, 2.45) is 0 Å². The van der Waals surface area contributed by atoms with E-state index in [1.807, 2.05) is 18.2 Å². The normalized spacial score (nSPS) is 15.0. The van der Waals surface area contributed by atoms with E-state index in [0.717, 1.165) is 17.5 Å². The fraction of sp³-hybridized carbons (Fsp3) is 0.348. The van der Waals surface area contributed by atoms with Crippen LogP contribution in [0.2, 0.25) is 5.02 Å². The van der Waals surface area contributed by atoms with E-state index in [9.17, 15) is 14.4 Å². The van der Waals surface area contributed by atoms with Gasteiger partial charge in [-0.05, 0) is 42.2 Å². The minimum atomic E-state index is -0.897. The third kappa shape index (κ3) is 5.60. The number of ether oxygens (including phenoxy) is 1. The van der Waals surface area contributed by atoms with Crippen molar-refractivity contribution in [2.75, 3.05) is 6.54 Å². The number of rotatable bonds is 6. The maximum absolute atomic E-state index is 12.8. The zero-order chi connectivity index (χ0) is 21.7. The van der Waals surface area contributed by atoms with Crippen molar-refractivity contribution < 1.29 is 19.1 Å². The third-order valence-electron chi connectivity index (χ3n) is 5.12. The van der Waals surface area contributed by atoms with Gasteiger partial charge in [0.15, 0.2) is 6.10 Å². The highest BCUT2D eigenvalue weighted by molar-refractivity contribution is 6.30. The van der Waals surface area contributed by atoms with E-state index in [2.05, 4.69) is 11.4 Å². The lowest BCUT2D eigenvalue weighted by atomic mass is 9.99. The minimum Gasteiger partial charge on any atom is -0.452 e. The summed E-state index contributed by atoms with van der Waals surface area (Å²) in [4.78, 5) is 38.6. The van der Waals surface area contributed by atoms with E-state index in [-0.39, 0.29) is 18.2 Å². The van der Waals surface area contributed by atoms with Gasteiger partial charge >= 0.3 is 5.97 Å². The number of benzene rings is 2. The first kappa shape index (κ1) is 21.8. The van der Waals surface area contributed by atoms with Gasteiger partial charge in [0.2, 0.25) is 5.91 Å². The number of hydrogen-bond donors (Lipinski definition) is 1. The molecule has 2 aromatic carbocycles. The van der Waals surface area contributed by atoms with Crippen LogP contribution in [-0.2, 0) is 32.1 Å². The standard InChI is InChI=1S/C23H25ClN2O4/c1-15(23(29)26-12-11-17-5-3-4-6-19(17)14-26)30-22(28)13-21(25-16(2)27)18-7-9-20(24)10-8-18/h3-10,15,21H,11-14H2,1-2H3,(H,25,27). The van der Waals surface area contributed by atoms with Crippen molar-refractivity contribution >= 4 is 29.4 Å². The van der Waals surface area contributed by atoms with E-state index in [1.54, 1.807) is 36.1 Å². The molecule has 1 N–H and O–H groups in total. The lowest BCUT2D eigenvalue weighted by molar-refractivity contribution is -0.160. The number of hydrogen-bond acceptors (Lipinski definition) is 4. The Balaban J connectivity index is 1.60. The van der Waals surface area contributed by atoms with E-state index in [0.29, 0.717) is 18.1 Å². The molecule has 2 atom stereocenters. The average molecular weight is 429 g/mol. The van der Waals surface area contributed by atoms with Crippen molar-refractivity contribution in [3.05, 3.63) is 70.2 Å². The van der Waals surface area contributed by atoms with E-state index in [1.165, 1.54) is 12.5 Å². The molecule has 7 heteroatoms. The first-order valence-electron chi connectivity index (χ1n) is 9.91. The van der Waals surface area contributed by atoms with E-state index >= 15 is 0 Å². The summed E-state index contributed by atoms with van der Waals surface area (Å²) in [6.07, 6.45) is -0.197. The second-order valence-electron chi connectivity index (χ2n) is 7.42. The van der Waals surface area contributed by atoms with Crippen LogP contribution in [0.4, 0.5) is 0 Å². The molecule has 0 bridgehead atoms. The lowest BCUT2D eigenvalue weighted by Crippen LogP contribution is -2.43. The molecule has 0 radical (unpaired) electrons. The van der Waals surface area contributed by atoms with Crippen LogP contribution >= 0.6 is 11.6 Å². The number of carbonyl (C=O) groups is 3. The van der Waals surface area contributed by atoms with Crippen molar-refractivity contribution in [2.45, 2.75) is 45.4 Å². The maximum atomic E-state index is 12.8. The van der Waals surface area contributed by atoms with Crippen molar-refractivity contribution in [3.63, 3.8) is 0 Å². The van der Waals surface area contributed by atoms with Crippen molar-refractivity contribution in [1.82, 2.24) is 10.2 Å². The third-order valence-corrected chi connectivity index (χ3v) is 5.37. The lowest BCUT2D eigenvalue weighted by Gasteiger charge is -2.30. The number of carbonyl (C=O) groups excluding carboxylic acids is 3. The van der Waals surface area contributed by atoms with Gasteiger partial charge in [-0.3, -0.25) is 14.4 Å². The first-order chi connectivity index (χ1) is 14.3. The summed E-state index contributed by atoms with van der Waals surface area (Å²) >= 11 is 5.92. The zero-order valence-electron chi connectivity index (χ0n) is 17.1. The topological polar surface area (TPSA) is 75.7 Å². The molecule has 0 spiro atoms. The molecule has 0 saturated heterocycles. The van der Waals surface area contributed by atoms with Gasteiger partial charge in [-0.2, -0.15) is 0 Å². The number of nitrogens with zero attached hydrogens (tertiary/aromatic N) is 1. The zero-order valence-corrected chi connectivity index (χ0v) is 17.8. The van der Waals surface area contributed by atoms with Crippen LogP contribution in [-0.4, -0.2) is 35.3 Å². The van der Waals surface area contributed by atoms with Gasteiger partial charge in [0.1, 0.15) is 0 Å². The number of amides is 2. The Labute approximate surface area is 181 Å². The average Bonchev–Trinajstić information content (AvgIpc) is 2.72. The molecule has 1 aliphatic rings. The van der Waals surface area contributed by atoms with E-state index in [4.69, 9.17) is 16.3 Å². The molecule has 0 aromatic heterocycles. The molecule has 158 valence electrons. The highest BCUT2D eigenvalue weighted by Gasteiger charge is 2.28. The summed E-state index contributed by atoms with van der Waals surface area (Å²) in [7, 11) is 0. The molecule has 30 heavy (non-hydrogen) atoms. The number of esters is 1. The van der Waals surface area contributed by atoms with Crippen molar-refractivity contribution in [3.8, 4) is 0 Å². The molecule has 1 heterocycles. The van der Waals surface area contributed by atoms with Gasteiger partial charge in [0, 0.05) is 25.0 Å². The van der Waals surface area contributed by atoms with Crippen LogP contribution in [0.25, 0.3) is 0 Å². The Bertz CT molecular complexity index is 929. The minimum absolute atomic E-state index is 0.0817. The Morgan fingerprint density at radius 3 is 2.43 bits per heavy atom. The maximum Gasteiger partial charge on any atom is 0.309 e. The highest BCUT2D eigenvalue weighted by Crippen LogP contribution is 2.22. The summed E-state index contributed by atoms with van der Waals surface area (Å²) in [6.45, 7) is 4.07. The molecule has 0 saturated carbocycles. The molecular formula is C23H25ClN2O4. The second-order valence-corrected chi connectivity index (χ2v) is 7.86. The van der Waals surface area contributed by atoms with Crippen molar-refractivity contribution in [1.29, 1.82) is 0 Å². The smallest absolute Gasteiger partial charge is 0.309 e. The molecule has 0 fully saturated rings. The predicted octanol–water partition coefficient (Wildman–Crippen LogP) is 3.42. The van der Waals surface area contributed by atoms with Crippen LogP contribution in [0.1, 0.15) is 43.0 Å². The summed E-state index contributed by atoms with van der Waals surface area (Å²) in [5.74, 6) is -1.04. The Hall–Kier alpha value is -2.86. The molecule has 0 aliphatic carbocycles. The van der Waals surface area contributed by atoms with Crippen LogP contribution < -0.4 is 5.32 Å². The van der Waals surface area contributed by atoms with Gasteiger partial charge in [0.05, 0.1) is 12.5 Å². The first-order valence-corrected chi connectivity index (χ1v) is 10.3. The van der Waals surface area contributed by atoms with Crippen LogP contribution in [0.15, 0.2) is 48.5 Å². The predicted molar refractivity (Wildman–Crippen MR) is 114 cm³/mol. The molecule has 2 unspecified atom stereocenters. The molecule has 1 aliphatic heterocycles. The monoisotopic (exact) mass is 428 g/mol. The molecular weight excluding hydrogens is 404 g/mol. The number of fused-ring (bicyclic) bond motifs is 1.